The monoisotopic (exact) mass is 554 g/mol. The topological polar surface area (TPSA) is 18.5 Å². The van der Waals surface area contributed by atoms with Crippen molar-refractivity contribution < 1.29 is 23.0 Å². The average Bonchev–Trinajstić information content (AvgIpc) is 2.73. The Bertz CT molecular complexity index is 1310. The van der Waals surface area contributed by atoms with E-state index in [1.807, 2.05) is 38.4 Å². The third kappa shape index (κ3) is 4.86. The molecule has 0 radical (unpaired) electrons. The van der Waals surface area contributed by atoms with E-state index in [2.05, 4.69) is 60.7 Å². The van der Waals surface area contributed by atoms with Gasteiger partial charge in [-0.3, -0.25) is 0 Å². The van der Waals surface area contributed by atoms with E-state index in [1.165, 1.54) is 0 Å². The molecular formula is C27H26Cl2O2Ru. The van der Waals surface area contributed by atoms with Crippen LogP contribution in [0.15, 0.2) is 66.7 Å². The van der Waals surface area contributed by atoms with E-state index >= 15 is 0 Å². The first-order valence-corrected chi connectivity index (χ1v) is 16.1. The van der Waals surface area contributed by atoms with Gasteiger partial charge in [-0.1, -0.05) is 0 Å². The number of ether oxygens (including phenoxy) is 2. The molecule has 0 aliphatic rings. The van der Waals surface area contributed by atoms with E-state index < -0.39 is 13.5 Å². The molecule has 4 aromatic carbocycles. The van der Waals surface area contributed by atoms with Crippen molar-refractivity contribution in [1.29, 1.82) is 0 Å². The van der Waals surface area contributed by atoms with Crippen LogP contribution >= 0.6 is 19.4 Å². The van der Waals surface area contributed by atoms with Gasteiger partial charge in [0.1, 0.15) is 0 Å². The van der Waals surface area contributed by atoms with Gasteiger partial charge in [-0.05, 0) is 0 Å². The molecule has 32 heavy (non-hydrogen) atoms. The van der Waals surface area contributed by atoms with E-state index in [0.717, 1.165) is 49.7 Å². The SMILES string of the molecule is CC(C)Oc1ccc2ccccc2c1-c1c(OC(C)C)c([CH]=[Ru]([Cl])[Cl])cc2ccccc12. The van der Waals surface area contributed by atoms with Gasteiger partial charge in [0.05, 0.1) is 0 Å². The second kappa shape index (κ2) is 9.91. The molecule has 4 rings (SSSR count). The molecule has 4 aromatic rings. The number of hydrogen-bond donors (Lipinski definition) is 0. The molecule has 0 N–H and O–H groups in total. The van der Waals surface area contributed by atoms with Crippen LogP contribution in [0.25, 0.3) is 32.7 Å². The maximum absolute atomic E-state index is 6.47. The third-order valence-corrected chi connectivity index (χ3v) is 6.91. The van der Waals surface area contributed by atoms with Crippen molar-refractivity contribution in [2.75, 3.05) is 0 Å². The quantitative estimate of drug-likeness (QED) is 0.223. The first-order chi connectivity index (χ1) is 15.3. The summed E-state index contributed by atoms with van der Waals surface area (Å²) in [6, 6.07) is 23.0. The summed E-state index contributed by atoms with van der Waals surface area (Å²) >= 11 is -2.09. The molecule has 168 valence electrons. The third-order valence-electron chi connectivity index (χ3n) is 5.07. The Morgan fingerprint density at radius 1 is 0.719 bits per heavy atom. The van der Waals surface area contributed by atoms with Crippen molar-refractivity contribution in [3.8, 4) is 22.6 Å². The van der Waals surface area contributed by atoms with Crippen LogP contribution in [0.1, 0.15) is 33.3 Å². The average molecular weight is 554 g/mol. The van der Waals surface area contributed by atoms with Crippen LogP contribution < -0.4 is 9.47 Å². The van der Waals surface area contributed by atoms with Gasteiger partial charge in [0.25, 0.3) is 0 Å². The van der Waals surface area contributed by atoms with Crippen LogP contribution in [0.4, 0.5) is 0 Å². The summed E-state index contributed by atoms with van der Waals surface area (Å²) < 4.78 is 14.8. The molecule has 0 spiro atoms. The zero-order valence-electron chi connectivity index (χ0n) is 18.5. The Labute approximate surface area is 202 Å². The Kier molecular flexibility index (Phi) is 7.20. The Balaban J connectivity index is 2.21. The molecule has 0 unspecified atom stereocenters. The molecule has 0 saturated heterocycles. The van der Waals surface area contributed by atoms with Gasteiger partial charge in [-0.2, -0.15) is 0 Å². The van der Waals surface area contributed by atoms with Crippen LogP contribution in [-0.4, -0.2) is 16.8 Å². The number of benzene rings is 4. The van der Waals surface area contributed by atoms with Crippen LogP contribution in [0.2, 0.25) is 0 Å². The van der Waals surface area contributed by atoms with Crippen molar-refractivity contribution in [2.45, 2.75) is 39.9 Å². The van der Waals surface area contributed by atoms with Gasteiger partial charge in [0.15, 0.2) is 0 Å². The second-order valence-corrected chi connectivity index (χ2v) is 13.9. The van der Waals surface area contributed by atoms with Crippen molar-refractivity contribution >= 4 is 45.5 Å². The minimum absolute atomic E-state index is 0.0159. The van der Waals surface area contributed by atoms with Crippen LogP contribution in [0.3, 0.4) is 0 Å². The second-order valence-electron chi connectivity index (χ2n) is 8.19. The van der Waals surface area contributed by atoms with Crippen molar-refractivity contribution in [3.63, 3.8) is 0 Å². The number of fused-ring (bicyclic) bond motifs is 2. The summed E-state index contributed by atoms with van der Waals surface area (Å²) in [5.41, 5.74) is 2.97. The standard InChI is InChI=1S/C27H26O2.2ClH.Ru/c1-17(2)28-24-15-14-20-10-6-8-12-22(20)25(24)26-23-13-9-7-11-21(23)16-19(5)27(26)29-18(3)4;;;/h5-18H,1-4H3;2*1H;/q;;;+2/p-2. The van der Waals surface area contributed by atoms with Gasteiger partial charge in [-0.15, -0.1) is 0 Å². The molecule has 5 heteroatoms. The first kappa shape index (κ1) is 23.2. The van der Waals surface area contributed by atoms with Gasteiger partial charge in [-0.25, -0.2) is 0 Å². The Morgan fingerprint density at radius 3 is 1.94 bits per heavy atom. The number of halogens is 2. The van der Waals surface area contributed by atoms with Gasteiger partial charge in [0, 0.05) is 0 Å². The molecular weight excluding hydrogens is 528 g/mol. The summed E-state index contributed by atoms with van der Waals surface area (Å²) in [6.45, 7) is 8.16. The summed E-state index contributed by atoms with van der Waals surface area (Å²) in [6.07, 6.45) is 0.0194. The fraction of sp³-hybridized carbons (Fsp3) is 0.222. The normalized spacial score (nSPS) is 11.9. The maximum atomic E-state index is 6.47. The molecule has 0 aliphatic heterocycles. The molecule has 0 atom stereocenters. The van der Waals surface area contributed by atoms with Crippen LogP contribution in [0, 0.1) is 0 Å². The Morgan fingerprint density at radius 2 is 1.31 bits per heavy atom. The zero-order valence-corrected chi connectivity index (χ0v) is 21.8. The fourth-order valence-corrected chi connectivity index (χ4v) is 5.75. The predicted molar refractivity (Wildman–Crippen MR) is 135 cm³/mol. The summed E-state index contributed by atoms with van der Waals surface area (Å²) in [5.74, 6) is 1.63. The van der Waals surface area contributed by atoms with Crippen LogP contribution in [0.5, 0.6) is 11.5 Å². The number of rotatable bonds is 6. The minimum atomic E-state index is -2.09. The van der Waals surface area contributed by atoms with Gasteiger partial charge in [0.2, 0.25) is 0 Å². The van der Waals surface area contributed by atoms with Crippen LogP contribution in [-0.2, 0) is 13.5 Å². The van der Waals surface area contributed by atoms with Gasteiger partial charge >= 0.3 is 203 Å². The summed E-state index contributed by atoms with van der Waals surface area (Å²) in [7, 11) is 12.7. The van der Waals surface area contributed by atoms with E-state index in [4.69, 9.17) is 28.9 Å². The molecule has 0 saturated carbocycles. The zero-order chi connectivity index (χ0) is 22.8. The van der Waals surface area contributed by atoms with Crippen molar-refractivity contribution in [3.05, 3.63) is 72.3 Å². The van der Waals surface area contributed by atoms with E-state index in [9.17, 15) is 0 Å². The van der Waals surface area contributed by atoms with E-state index in [1.54, 1.807) is 0 Å². The molecule has 0 aliphatic carbocycles. The number of hydrogen-bond acceptors (Lipinski definition) is 2. The molecule has 0 amide bonds. The summed E-state index contributed by atoms with van der Waals surface area (Å²) in [5, 5.41) is 4.48. The van der Waals surface area contributed by atoms with Gasteiger partial charge < -0.3 is 0 Å². The fourth-order valence-electron chi connectivity index (χ4n) is 3.98. The summed E-state index contributed by atoms with van der Waals surface area (Å²) in [4.78, 5) is 0. The molecule has 2 nitrogen and oxygen atoms in total. The molecule has 0 heterocycles. The van der Waals surface area contributed by atoms with E-state index in [0.29, 0.717) is 0 Å². The molecule has 0 aromatic heterocycles. The predicted octanol–water partition coefficient (Wildman–Crippen LogP) is 8.31. The van der Waals surface area contributed by atoms with Crippen molar-refractivity contribution in [1.82, 2.24) is 0 Å². The molecule has 0 fully saturated rings. The van der Waals surface area contributed by atoms with E-state index in [-0.39, 0.29) is 12.2 Å². The Hall–Kier alpha value is -1.93. The van der Waals surface area contributed by atoms with Crippen molar-refractivity contribution in [2.24, 2.45) is 0 Å². The first-order valence-electron chi connectivity index (χ1n) is 10.6. The molecule has 0 bridgehead atoms.